The largest absolute Gasteiger partial charge is 0.329 e. The molecule has 1 aliphatic rings. The first kappa shape index (κ1) is 17.9. The zero-order chi connectivity index (χ0) is 19.3. The highest BCUT2D eigenvalue weighted by molar-refractivity contribution is 6.00. The van der Waals surface area contributed by atoms with Crippen molar-refractivity contribution in [3.63, 3.8) is 0 Å². The van der Waals surface area contributed by atoms with Crippen LogP contribution in [-0.4, -0.2) is 39.8 Å². The molecule has 0 fully saturated rings. The number of para-hydroxylation sites is 1. The summed E-state index contributed by atoms with van der Waals surface area (Å²) in [5, 5.41) is 2.82. The molecule has 2 heterocycles. The lowest BCUT2D eigenvalue weighted by Gasteiger charge is -2.20. The fourth-order valence-electron chi connectivity index (χ4n) is 3.27. The van der Waals surface area contributed by atoms with E-state index in [1.165, 1.54) is 0 Å². The zero-order valence-electron chi connectivity index (χ0n) is 15.3. The first-order valence-corrected chi connectivity index (χ1v) is 9.26. The Labute approximate surface area is 163 Å². The number of nitrogens with one attached hydrogen (secondary N) is 1. The average Bonchev–Trinajstić information content (AvgIpc) is 2.88. The van der Waals surface area contributed by atoms with E-state index in [4.69, 9.17) is 0 Å². The van der Waals surface area contributed by atoms with Crippen LogP contribution in [0.15, 0.2) is 66.9 Å². The Morgan fingerprint density at radius 3 is 2.50 bits per heavy atom. The van der Waals surface area contributed by atoms with Crippen LogP contribution in [0.25, 0.3) is 11.4 Å². The van der Waals surface area contributed by atoms with Gasteiger partial charge in [-0.25, -0.2) is 9.97 Å². The Morgan fingerprint density at radius 2 is 1.75 bits per heavy atom. The van der Waals surface area contributed by atoms with E-state index in [0.29, 0.717) is 30.0 Å². The number of aromatic nitrogens is 2. The third kappa shape index (κ3) is 3.91. The number of anilines is 1. The van der Waals surface area contributed by atoms with Crippen LogP contribution < -0.4 is 5.32 Å². The van der Waals surface area contributed by atoms with Gasteiger partial charge in [-0.05, 0) is 25.0 Å². The zero-order valence-corrected chi connectivity index (χ0v) is 15.3. The molecule has 0 unspecified atom stereocenters. The normalized spacial score (nSPS) is 13.6. The van der Waals surface area contributed by atoms with Crippen molar-refractivity contribution in [3.05, 3.63) is 78.1 Å². The maximum absolute atomic E-state index is 12.9. The van der Waals surface area contributed by atoms with E-state index in [9.17, 15) is 9.59 Å². The number of amides is 2. The van der Waals surface area contributed by atoms with Gasteiger partial charge in [0, 0.05) is 24.0 Å². The van der Waals surface area contributed by atoms with Crippen LogP contribution in [0.3, 0.4) is 0 Å². The Hall–Kier alpha value is -3.54. The van der Waals surface area contributed by atoms with Gasteiger partial charge >= 0.3 is 0 Å². The van der Waals surface area contributed by atoms with Gasteiger partial charge in [0.15, 0.2) is 5.82 Å². The molecule has 0 atom stereocenters. The van der Waals surface area contributed by atoms with Crippen LogP contribution >= 0.6 is 0 Å². The number of nitrogens with zero attached hydrogens (tertiary/aromatic N) is 3. The summed E-state index contributed by atoms with van der Waals surface area (Å²) in [6, 6.07) is 18.9. The van der Waals surface area contributed by atoms with Gasteiger partial charge in [0.25, 0.3) is 5.91 Å². The van der Waals surface area contributed by atoms with Gasteiger partial charge in [0.2, 0.25) is 5.91 Å². The van der Waals surface area contributed by atoms with Crippen molar-refractivity contribution in [2.45, 2.75) is 12.8 Å². The summed E-state index contributed by atoms with van der Waals surface area (Å²) >= 11 is 0. The highest BCUT2D eigenvalue weighted by atomic mass is 16.2. The minimum Gasteiger partial charge on any atom is -0.329 e. The third-order valence-corrected chi connectivity index (χ3v) is 4.65. The molecule has 6 nitrogen and oxygen atoms in total. The number of hydrogen-bond donors (Lipinski definition) is 1. The maximum atomic E-state index is 12.9. The fraction of sp³-hybridized carbons (Fsp3) is 0.182. The number of carbonyl (C=O) groups is 2. The summed E-state index contributed by atoms with van der Waals surface area (Å²) in [7, 11) is 0. The monoisotopic (exact) mass is 372 g/mol. The molecule has 140 valence electrons. The van der Waals surface area contributed by atoms with E-state index in [2.05, 4.69) is 15.3 Å². The molecule has 0 spiro atoms. The summed E-state index contributed by atoms with van der Waals surface area (Å²) in [4.78, 5) is 35.8. The summed E-state index contributed by atoms with van der Waals surface area (Å²) in [6.07, 6.45) is 3.02. The molecule has 1 aliphatic heterocycles. The summed E-state index contributed by atoms with van der Waals surface area (Å²) < 4.78 is 0. The van der Waals surface area contributed by atoms with Gasteiger partial charge < -0.3 is 10.2 Å². The third-order valence-electron chi connectivity index (χ3n) is 4.65. The minimum absolute atomic E-state index is 0.00754. The Kier molecular flexibility index (Phi) is 5.10. The second-order valence-electron chi connectivity index (χ2n) is 6.66. The SMILES string of the molecule is O=C(CN1CCCc2nc(-c3ccccc3)ncc2C1=O)Nc1ccccc1. The Bertz CT molecular complexity index is 990. The molecule has 0 saturated carbocycles. The lowest BCUT2D eigenvalue weighted by molar-refractivity contribution is -0.116. The van der Waals surface area contributed by atoms with Crippen molar-refractivity contribution in [1.29, 1.82) is 0 Å². The maximum Gasteiger partial charge on any atom is 0.257 e. The van der Waals surface area contributed by atoms with Crippen LogP contribution in [-0.2, 0) is 11.2 Å². The van der Waals surface area contributed by atoms with Crippen molar-refractivity contribution >= 4 is 17.5 Å². The molecule has 2 aromatic carbocycles. The fourth-order valence-corrected chi connectivity index (χ4v) is 3.27. The van der Waals surface area contributed by atoms with Crippen molar-refractivity contribution in [3.8, 4) is 11.4 Å². The summed E-state index contributed by atoms with van der Waals surface area (Å²) in [6.45, 7) is 0.520. The number of fused-ring (bicyclic) bond motifs is 1. The smallest absolute Gasteiger partial charge is 0.257 e. The first-order valence-electron chi connectivity index (χ1n) is 9.26. The molecule has 6 heteroatoms. The number of hydrogen-bond acceptors (Lipinski definition) is 4. The van der Waals surface area contributed by atoms with Crippen molar-refractivity contribution in [2.24, 2.45) is 0 Å². The van der Waals surface area contributed by atoms with E-state index >= 15 is 0 Å². The number of aryl methyl sites for hydroxylation is 1. The summed E-state index contributed by atoms with van der Waals surface area (Å²) in [5.41, 5.74) is 2.85. The molecule has 4 rings (SSSR count). The van der Waals surface area contributed by atoms with Crippen molar-refractivity contribution in [1.82, 2.24) is 14.9 Å². The minimum atomic E-state index is -0.218. The van der Waals surface area contributed by atoms with E-state index < -0.39 is 0 Å². The van der Waals surface area contributed by atoms with Crippen LogP contribution in [0.2, 0.25) is 0 Å². The van der Waals surface area contributed by atoms with Crippen LogP contribution in [0, 0.1) is 0 Å². The molecule has 3 aromatic rings. The van der Waals surface area contributed by atoms with Crippen LogP contribution in [0.4, 0.5) is 5.69 Å². The van der Waals surface area contributed by atoms with Crippen molar-refractivity contribution < 1.29 is 9.59 Å². The van der Waals surface area contributed by atoms with Crippen LogP contribution in [0.5, 0.6) is 0 Å². The predicted octanol–water partition coefficient (Wildman–Crippen LogP) is 3.17. The summed E-state index contributed by atoms with van der Waals surface area (Å²) in [5.74, 6) is 0.197. The van der Waals surface area contributed by atoms with Gasteiger partial charge in [-0.2, -0.15) is 0 Å². The lowest BCUT2D eigenvalue weighted by atomic mass is 10.1. The molecule has 1 aromatic heterocycles. The number of rotatable bonds is 4. The average molecular weight is 372 g/mol. The molecule has 28 heavy (non-hydrogen) atoms. The predicted molar refractivity (Wildman–Crippen MR) is 107 cm³/mol. The molecular formula is C22H20N4O2. The van der Waals surface area contributed by atoms with E-state index in [1.54, 1.807) is 11.1 Å². The Balaban J connectivity index is 1.51. The van der Waals surface area contributed by atoms with Gasteiger partial charge in [-0.3, -0.25) is 9.59 Å². The molecule has 0 aliphatic carbocycles. The van der Waals surface area contributed by atoms with Gasteiger partial charge in [0.1, 0.15) is 6.54 Å². The van der Waals surface area contributed by atoms with Crippen molar-refractivity contribution in [2.75, 3.05) is 18.4 Å². The molecule has 1 N–H and O–H groups in total. The molecule has 0 radical (unpaired) electrons. The second-order valence-corrected chi connectivity index (χ2v) is 6.66. The van der Waals surface area contributed by atoms with E-state index in [-0.39, 0.29) is 18.4 Å². The van der Waals surface area contributed by atoms with Crippen LogP contribution in [0.1, 0.15) is 22.5 Å². The van der Waals surface area contributed by atoms with E-state index in [1.807, 2.05) is 60.7 Å². The van der Waals surface area contributed by atoms with Gasteiger partial charge in [0.05, 0.1) is 11.3 Å². The number of carbonyl (C=O) groups excluding carboxylic acids is 2. The van der Waals surface area contributed by atoms with Gasteiger partial charge in [-0.1, -0.05) is 48.5 Å². The highest BCUT2D eigenvalue weighted by Crippen LogP contribution is 2.21. The molecular weight excluding hydrogens is 352 g/mol. The molecule has 0 bridgehead atoms. The Morgan fingerprint density at radius 1 is 1.04 bits per heavy atom. The second kappa shape index (κ2) is 8.00. The highest BCUT2D eigenvalue weighted by Gasteiger charge is 2.26. The quantitative estimate of drug-likeness (QED) is 0.763. The standard InChI is InChI=1S/C22H20N4O2/c27-20(24-17-10-5-2-6-11-17)15-26-13-7-12-19-18(22(26)28)14-23-21(25-19)16-8-3-1-4-9-16/h1-6,8-11,14H,7,12-13,15H2,(H,24,27). The van der Waals surface area contributed by atoms with Gasteiger partial charge in [-0.15, -0.1) is 0 Å². The lowest BCUT2D eigenvalue weighted by Crippen LogP contribution is -2.38. The topological polar surface area (TPSA) is 75.2 Å². The van der Waals surface area contributed by atoms with E-state index in [0.717, 1.165) is 17.7 Å². The molecule has 2 amide bonds. The molecule has 0 saturated heterocycles. The first-order chi connectivity index (χ1) is 13.7. The number of benzene rings is 2.